The standard InChI is InChI=1S/C19H22N2O/c1-3-19(22)21(15-9-5-4-6-10-15)18-13-14(2)20-17-12-8-7-11-16(17)18/h4-12,14,18,20H,3,13H2,1-2H3. The maximum absolute atomic E-state index is 12.6. The fourth-order valence-electron chi connectivity index (χ4n) is 3.21. The minimum atomic E-state index is 0.0855. The third-order valence-corrected chi connectivity index (χ3v) is 4.22. The highest BCUT2D eigenvalue weighted by atomic mass is 16.2. The minimum absolute atomic E-state index is 0.0855. The molecule has 0 aliphatic carbocycles. The molecule has 0 fully saturated rings. The van der Waals surface area contributed by atoms with Crippen LogP contribution in [0.3, 0.4) is 0 Å². The molecule has 1 aliphatic rings. The minimum Gasteiger partial charge on any atom is -0.382 e. The Morgan fingerprint density at radius 1 is 1.14 bits per heavy atom. The first-order valence-corrected chi connectivity index (χ1v) is 7.93. The normalized spacial score (nSPS) is 19.9. The number of carbonyl (C=O) groups is 1. The van der Waals surface area contributed by atoms with Crippen molar-refractivity contribution in [3.63, 3.8) is 0 Å². The van der Waals surface area contributed by atoms with Gasteiger partial charge in [0.25, 0.3) is 0 Å². The molecule has 0 aromatic heterocycles. The second kappa shape index (κ2) is 6.22. The van der Waals surface area contributed by atoms with Crippen molar-refractivity contribution in [2.75, 3.05) is 10.2 Å². The lowest BCUT2D eigenvalue weighted by molar-refractivity contribution is -0.118. The number of fused-ring (bicyclic) bond motifs is 1. The molecule has 2 aromatic rings. The third-order valence-electron chi connectivity index (χ3n) is 4.22. The van der Waals surface area contributed by atoms with Crippen LogP contribution in [0, 0.1) is 0 Å². The average Bonchev–Trinajstić information content (AvgIpc) is 2.55. The van der Waals surface area contributed by atoms with E-state index < -0.39 is 0 Å². The fourth-order valence-corrected chi connectivity index (χ4v) is 3.21. The lowest BCUT2D eigenvalue weighted by atomic mass is 9.91. The van der Waals surface area contributed by atoms with E-state index in [0.717, 1.165) is 17.8 Å². The Labute approximate surface area is 132 Å². The van der Waals surface area contributed by atoms with Crippen LogP contribution in [0.15, 0.2) is 54.6 Å². The Morgan fingerprint density at radius 3 is 2.55 bits per heavy atom. The Bertz CT molecular complexity index is 653. The van der Waals surface area contributed by atoms with Crippen LogP contribution in [0.4, 0.5) is 11.4 Å². The van der Waals surface area contributed by atoms with Crippen LogP contribution >= 0.6 is 0 Å². The molecule has 0 saturated heterocycles. The van der Waals surface area contributed by atoms with Gasteiger partial charge >= 0.3 is 0 Å². The van der Waals surface area contributed by atoms with E-state index in [1.54, 1.807) is 0 Å². The van der Waals surface area contributed by atoms with Crippen molar-refractivity contribution in [1.82, 2.24) is 0 Å². The Kier molecular flexibility index (Phi) is 4.14. The van der Waals surface area contributed by atoms with E-state index in [0.29, 0.717) is 12.5 Å². The number of nitrogens with zero attached hydrogens (tertiary/aromatic N) is 1. The second-order valence-electron chi connectivity index (χ2n) is 5.84. The summed E-state index contributed by atoms with van der Waals surface area (Å²) in [7, 11) is 0. The molecule has 1 N–H and O–H groups in total. The van der Waals surface area contributed by atoms with Gasteiger partial charge in [0, 0.05) is 23.8 Å². The number of amides is 1. The summed E-state index contributed by atoms with van der Waals surface area (Å²) in [5.74, 6) is 0.167. The zero-order chi connectivity index (χ0) is 15.5. The number of nitrogens with one attached hydrogen (secondary N) is 1. The largest absolute Gasteiger partial charge is 0.382 e. The summed E-state index contributed by atoms with van der Waals surface area (Å²) in [5.41, 5.74) is 3.31. The number of para-hydroxylation sites is 2. The molecule has 22 heavy (non-hydrogen) atoms. The van der Waals surface area contributed by atoms with Gasteiger partial charge in [0.1, 0.15) is 0 Å². The molecule has 0 saturated carbocycles. The maximum Gasteiger partial charge on any atom is 0.227 e. The van der Waals surface area contributed by atoms with Gasteiger partial charge in [-0.05, 0) is 37.1 Å². The molecule has 0 spiro atoms. The van der Waals surface area contributed by atoms with Gasteiger partial charge < -0.3 is 10.2 Å². The lowest BCUT2D eigenvalue weighted by Gasteiger charge is -2.39. The van der Waals surface area contributed by atoms with Gasteiger partial charge in [0.2, 0.25) is 5.91 Å². The number of anilines is 2. The molecule has 1 heterocycles. The van der Waals surface area contributed by atoms with Crippen molar-refractivity contribution in [1.29, 1.82) is 0 Å². The van der Waals surface area contributed by atoms with Crippen molar-refractivity contribution in [2.45, 2.75) is 38.8 Å². The number of rotatable bonds is 3. The van der Waals surface area contributed by atoms with Crippen LogP contribution in [-0.2, 0) is 4.79 Å². The third kappa shape index (κ3) is 2.71. The molecule has 0 radical (unpaired) electrons. The number of benzene rings is 2. The maximum atomic E-state index is 12.6. The molecule has 1 amide bonds. The van der Waals surface area contributed by atoms with E-state index in [9.17, 15) is 4.79 Å². The first-order chi connectivity index (χ1) is 10.7. The number of carbonyl (C=O) groups excluding carboxylic acids is 1. The topological polar surface area (TPSA) is 32.3 Å². The summed E-state index contributed by atoms with van der Waals surface area (Å²) in [5, 5.41) is 3.52. The van der Waals surface area contributed by atoms with Crippen LogP contribution in [0.5, 0.6) is 0 Å². The summed E-state index contributed by atoms with van der Waals surface area (Å²) in [6.07, 6.45) is 1.42. The number of hydrogen-bond donors (Lipinski definition) is 1. The van der Waals surface area contributed by atoms with Gasteiger partial charge in [-0.25, -0.2) is 0 Å². The van der Waals surface area contributed by atoms with Crippen LogP contribution in [0.25, 0.3) is 0 Å². The fraction of sp³-hybridized carbons (Fsp3) is 0.316. The van der Waals surface area contributed by atoms with Crippen LogP contribution < -0.4 is 10.2 Å². The van der Waals surface area contributed by atoms with E-state index in [1.807, 2.05) is 54.3 Å². The summed E-state index contributed by atoms with van der Waals surface area (Å²) < 4.78 is 0. The highest BCUT2D eigenvalue weighted by molar-refractivity contribution is 5.94. The Morgan fingerprint density at radius 2 is 1.82 bits per heavy atom. The summed E-state index contributed by atoms with van der Waals surface area (Å²) in [6, 6.07) is 18.7. The molecule has 3 heteroatoms. The molecule has 0 bridgehead atoms. The van der Waals surface area contributed by atoms with Crippen molar-refractivity contribution in [3.05, 3.63) is 60.2 Å². The highest BCUT2D eigenvalue weighted by Gasteiger charge is 2.31. The molecule has 3 nitrogen and oxygen atoms in total. The molecule has 2 atom stereocenters. The van der Waals surface area contributed by atoms with Gasteiger partial charge in [-0.1, -0.05) is 43.3 Å². The van der Waals surface area contributed by atoms with Crippen molar-refractivity contribution >= 4 is 17.3 Å². The molecule has 1 aliphatic heterocycles. The predicted octanol–water partition coefficient (Wildman–Crippen LogP) is 4.38. The zero-order valence-corrected chi connectivity index (χ0v) is 13.1. The lowest BCUT2D eigenvalue weighted by Crippen LogP contribution is -2.40. The summed E-state index contributed by atoms with van der Waals surface area (Å²) in [4.78, 5) is 14.6. The summed E-state index contributed by atoms with van der Waals surface area (Å²) >= 11 is 0. The zero-order valence-electron chi connectivity index (χ0n) is 13.1. The Hall–Kier alpha value is -2.29. The van der Waals surface area contributed by atoms with Crippen molar-refractivity contribution < 1.29 is 4.79 Å². The van der Waals surface area contributed by atoms with E-state index in [2.05, 4.69) is 24.4 Å². The van der Waals surface area contributed by atoms with E-state index in [4.69, 9.17) is 0 Å². The highest BCUT2D eigenvalue weighted by Crippen LogP contribution is 2.39. The molecule has 3 rings (SSSR count). The van der Waals surface area contributed by atoms with E-state index in [1.165, 1.54) is 5.56 Å². The van der Waals surface area contributed by atoms with Crippen LogP contribution in [0.2, 0.25) is 0 Å². The molecular formula is C19H22N2O. The van der Waals surface area contributed by atoms with Crippen LogP contribution in [0.1, 0.15) is 38.3 Å². The van der Waals surface area contributed by atoms with Gasteiger partial charge in [-0.2, -0.15) is 0 Å². The summed E-state index contributed by atoms with van der Waals surface area (Å²) in [6.45, 7) is 4.09. The SMILES string of the molecule is CCC(=O)N(c1ccccc1)C1CC(C)Nc2ccccc21. The molecule has 114 valence electrons. The second-order valence-corrected chi connectivity index (χ2v) is 5.84. The van der Waals surface area contributed by atoms with Gasteiger partial charge in [0.15, 0.2) is 0 Å². The predicted molar refractivity (Wildman–Crippen MR) is 91.1 cm³/mol. The first-order valence-electron chi connectivity index (χ1n) is 7.93. The average molecular weight is 294 g/mol. The van der Waals surface area contributed by atoms with Gasteiger partial charge in [0.05, 0.1) is 6.04 Å². The van der Waals surface area contributed by atoms with E-state index >= 15 is 0 Å². The van der Waals surface area contributed by atoms with Gasteiger partial charge in [-0.3, -0.25) is 4.79 Å². The molecular weight excluding hydrogens is 272 g/mol. The first kappa shape index (κ1) is 14.6. The smallest absolute Gasteiger partial charge is 0.227 e. The van der Waals surface area contributed by atoms with E-state index in [-0.39, 0.29) is 11.9 Å². The molecule has 2 unspecified atom stereocenters. The van der Waals surface area contributed by atoms with Crippen LogP contribution in [-0.4, -0.2) is 11.9 Å². The monoisotopic (exact) mass is 294 g/mol. The Balaban J connectivity index is 2.07. The van der Waals surface area contributed by atoms with Gasteiger partial charge in [-0.15, -0.1) is 0 Å². The molecule has 2 aromatic carbocycles. The number of hydrogen-bond acceptors (Lipinski definition) is 2. The van der Waals surface area contributed by atoms with Crippen molar-refractivity contribution in [3.8, 4) is 0 Å². The van der Waals surface area contributed by atoms with Crippen molar-refractivity contribution in [2.24, 2.45) is 0 Å². The quantitative estimate of drug-likeness (QED) is 0.911.